The SMILES string of the molecule is N[C@H]1[C@H]2C[C@@H]3CN(C2)C[C@@H]31. The van der Waals surface area contributed by atoms with E-state index >= 15 is 0 Å². The van der Waals surface area contributed by atoms with E-state index < -0.39 is 0 Å². The average Bonchev–Trinajstić information content (AvgIpc) is 2.31. The summed E-state index contributed by atoms with van der Waals surface area (Å²) in [5.74, 6) is 2.71. The molecule has 4 fully saturated rings. The van der Waals surface area contributed by atoms with Crippen LogP contribution in [0.4, 0.5) is 0 Å². The third kappa shape index (κ3) is 0.487. The number of piperidine rings is 2. The molecule has 4 aliphatic rings. The molecule has 1 aliphatic carbocycles. The van der Waals surface area contributed by atoms with Crippen LogP contribution in [0.1, 0.15) is 6.42 Å². The van der Waals surface area contributed by atoms with E-state index in [4.69, 9.17) is 5.73 Å². The summed E-state index contributed by atoms with van der Waals surface area (Å²) in [5, 5.41) is 0. The summed E-state index contributed by atoms with van der Waals surface area (Å²) < 4.78 is 0. The molecule has 2 nitrogen and oxygen atoms in total. The third-order valence-corrected chi connectivity index (χ3v) is 3.70. The first-order valence-corrected chi connectivity index (χ1v) is 4.32. The minimum absolute atomic E-state index is 0.559. The van der Waals surface area contributed by atoms with Crippen LogP contribution < -0.4 is 5.73 Å². The molecule has 56 valence electrons. The predicted octanol–water partition coefficient (Wildman–Crippen LogP) is -0.105. The van der Waals surface area contributed by atoms with Crippen molar-refractivity contribution in [1.82, 2.24) is 4.90 Å². The molecular weight excluding hydrogens is 124 g/mol. The highest BCUT2D eigenvalue weighted by molar-refractivity contribution is 5.05. The number of hydrogen-bond donors (Lipinski definition) is 1. The van der Waals surface area contributed by atoms with Crippen LogP contribution in [0.5, 0.6) is 0 Å². The summed E-state index contributed by atoms with van der Waals surface area (Å²) in [7, 11) is 0. The second-order valence-electron chi connectivity index (χ2n) is 4.22. The fourth-order valence-electron chi connectivity index (χ4n) is 3.25. The first kappa shape index (κ1) is 5.56. The molecule has 5 atom stereocenters. The second-order valence-corrected chi connectivity index (χ2v) is 4.22. The molecular formula is C8H14N2. The lowest BCUT2D eigenvalue weighted by molar-refractivity contribution is 0.179. The Morgan fingerprint density at radius 2 is 1.90 bits per heavy atom. The van der Waals surface area contributed by atoms with Gasteiger partial charge in [-0.2, -0.15) is 0 Å². The van der Waals surface area contributed by atoms with E-state index in [1.165, 1.54) is 26.1 Å². The van der Waals surface area contributed by atoms with Crippen LogP contribution in [0.3, 0.4) is 0 Å². The minimum atomic E-state index is 0.559. The molecule has 3 heterocycles. The highest BCUT2D eigenvalue weighted by Crippen LogP contribution is 2.45. The van der Waals surface area contributed by atoms with Gasteiger partial charge in [0.1, 0.15) is 0 Å². The first-order chi connectivity index (χ1) is 4.84. The van der Waals surface area contributed by atoms with E-state index in [-0.39, 0.29) is 0 Å². The monoisotopic (exact) mass is 138 g/mol. The van der Waals surface area contributed by atoms with Gasteiger partial charge >= 0.3 is 0 Å². The van der Waals surface area contributed by atoms with E-state index in [0.29, 0.717) is 6.04 Å². The predicted molar refractivity (Wildman–Crippen MR) is 39.5 cm³/mol. The van der Waals surface area contributed by atoms with Gasteiger partial charge in [0, 0.05) is 25.7 Å². The normalized spacial score (nSPS) is 63.9. The van der Waals surface area contributed by atoms with Crippen molar-refractivity contribution in [1.29, 1.82) is 0 Å². The third-order valence-electron chi connectivity index (χ3n) is 3.70. The molecule has 0 aromatic rings. The average molecular weight is 138 g/mol. The summed E-state index contributed by atoms with van der Waals surface area (Å²) in [4.78, 5) is 2.59. The van der Waals surface area contributed by atoms with Crippen molar-refractivity contribution < 1.29 is 0 Å². The van der Waals surface area contributed by atoms with Gasteiger partial charge in [0.25, 0.3) is 0 Å². The number of nitrogens with zero attached hydrogens (tertiary/aromatic N) is 1. The summed E-state index contributed by atoms with van der Waals surface area (Å²) in [6, 6.07) is 0.559. The quantitative estimate of drug-likeness (QED) is 0.506. The Morgan fingerprint density at radius 3 is 2.60 bits per heavy atom. The van der Waals surface area contributed by atoms with E-state index in [9.17, 15) is 0 Å². The molecule has 0 aromatic heterocycles. The Labute approximate surface area is 61.4 Å². The number of hydrogen-bond acceptors (Lipinski definition) is 2. The number of nitrogens with two attached hydrogens (primary N) is 1. The molecule has 2 N–H and O–H groups in total. The summed E-state index contributed by atoms with van der Waals surface area (Å²) >= 11 is 0. The Balaban J connectivity index is 1.99. The topological polar surface area (TPSA) is 29.3 Å². The molecule has 0 aromatic carbocycles. The van der Waals surface area contributed by atoms with Gasteiger partial charge in [-0.3, -0.25) is 0 Å². The van der Waals surface area contributed by atoms with Crippen molar-refractivity contribution >= 4 is 0 Å². The molecule has 10 heavy (non-hydrogen) atoms. The fraction of sp³-hybridized carbons (Fsp3) is 1.00. The van der Waals surface area contributed by atoms with Gasteiger partial charge in [-0.15, -0.1) is 0 Å². The zero-order valence-corrected chi connectivity index (χ0v) is 6.16. The van der Waals surface area contributed by atoms with Gasteiger partial charge in [-0.1, -0.05) is 0 Å². The van der Waals surface area contributed by atoms with Crippen LogP contribution in [-0.4, -0.2) is 30.6 Å². The summed E-state index contributed by atoms with van der Waals surface area (Å²) in [5.41, 5.74) is 6.07. The van der Waals surface area contributed by atoms with Crippen molar-refractivity contribution in [2.75, 3.05) is 19.6 Å². The molecule has 3 aliphatic heterocycles. The van der Waals surface area contributed by atoms with Gasteiger partial charge < -0.3 is 10.6 Å². The maximum Gasteiger partial charge on any atom is 0.0123 e. The molecule has 4 bridgehead atoms. The number of rotatable bonds is 0. The van der Waals surface area contributed by atoms with Gasteiger partial charge in [-0.05, 0) is 24.2 Å². The molecule has 3 saturated heterocycles. The maximum atomic E-state index is 6.07. The lowest BCUT2D eigenvalue weighted by Gasteiger charge is -2.32. The Kier molecular flexibility index (Phi) is 0.868. The lowest BCUT2D eigenvalue weighted by Crippen LogP contribution is -2.45. The lowest BCUT2D eigenvalue weighted by atomic mass is 9.95. The first-order valence-electron chi connectivity index (χ1n) is 4.32. The van der Waals surface area contributed by atoms with Crippen molar-refractivity contribution in [3.63, 3.8) is 0 Å². The van der Waals surface area contributed by atoms with E-state index in [1.54, 1.807) is 0 Å². The van der Waals surface area contributed by atoms with Gasteiger partial charge in [0.2, 0.25) is 0 Å². The van der Waals surface area contributed by atoms with Crippen LogP contribution in [0.2, 0.25) is 0 Å². The molecule has 1 unspecified atom stereocenters. The van der Waals surface area contributed by atoms with E-state index in [0.717, 1.165) is 17.8 Å². The zero-order valence-electron chi connectivity index (χ0n) is 6.16. The van der Waals surface area contributed by atoms with Gasteiger partial charge in [-0.25, -0.2) is 0 Å². The van der Waals surface area contributed by atoms with Crippen LogP contribution in [0.15, 0.2) is 0 Å². The van der Waals surface area contributed by atoms with Crippen LogP contribution in [0.25, 0.3) is 0 Å². The van der Waals surface area contributed by atoms with Gasteiger partial charge in [0.15, 0.2) is 0 Å². The highest BCUT2D eigenvalue weighted by atomic mass is 15.2. The van der Waals surface area contributed by atoms with Crippen molar-refractivity contribution in [3.8, 4) is 0 Å². The second kappa shape index (κ2) is 1.56. The van der Waals surface area contributed by atoms with Crippen LogP contribution in [-0.2, 0) is 0 Å². The Hall–Kier alpha value is -0.0800. The smallest absolute Gasteiger partial charge is 0.0123 e. The standard InChI is InChI=1S/C8H14N2/c9-8-6-1-5-2-10(3-6)4-7(5)8/h5-8H,1-4,9H2/t5-,6+,7+,8+/m1/s1. The molecule has 4 rings (SSSR count). The van der Waals surface area contributed by atoms with Crippen LogP contribution in [0, 0.1) is 17.8 Å². The maximum absolute atomic E-state index is 6.07. The summed E-state index contributed by atoms with van der Waals surface area (Å²) in [6.07, 6.45) is 1.43. The Morgan fingerprint density at radius 1 is 1.10 bits per heavy atom. The Bertz CT molecular complexity index is 163. The highest BCUT2D eigenvalue weighted by Gasteiger charge is 2.51. The van der Waals surface area contributed by atoms with Crippen LogP contribution >= 0.6 is 0 Å². The fourth-order valence-corrected chi connectivity index (χ4v) is 3.25. The van der Waals surface area contributed by atoms with Gasteiger partial charge in [0.05, 0.1) is 0 Å². The molecule has 0 radical (unpaired) electrons. The molecule has 1 saturated carbocycles. The molecule has 2 heteroatoms. The van der Waals surface area contributed by atoms with E-state index in [1.807, 2.05) is 0 Å². The summed E-state index contributed by atoms with van der Waals surface area (Å²) in [6.45, 7) is 3.96. The molecule has 0 spiro atoms. The largest absolute Gasteiger partial charge is 0.327 e. The van der Waals surface area contributed by atoms with Crippen molar-refractivity contribution in [2.24, 2.45) is 23.5 Å². The van der Waals surface area contributed by atoms with Crippen molar-refractivity contribution in [3.05, 3.63) is 0 Å². The van der Waals surface area contributed by atoms with Crippen molar-refractivity contribution in [2.45, 2.75) is 12.5 Å². The zero-order chi connectivity index (χ0) is 6.72. The molecule has 0 amide bonds. The minimum Gasteiger partial charge on any atom is -0.327 e. The van der Waals surface area contributed by atoms with E-state index in [2.05, 4.69) is 4.90 Å².